The van der Waals surface area contributed by atoms with E-state index < -0.39 is 0 Å². The predicted octanol–water partition coefficient (Wildman–Crippen LogP) is 2.13. The van der Waals surface area contributed by atoms with Crippen LogP contribution in [0.2, 0.25) is 0 Å². The summed E-state index contributed by atoms with van der Waals surface area (Å²) < 4.78 is 5.43. The lowest BCUT2D eigenvalue weighted by Gasteiger charge is -2.50. The largest absolute Gasteiger partial charge is 0.381 e. The first-order valence-electron chi connectivity index (χ1n) is 6.87. The molecule has 0 aliphatic heterocycles. The lowest BCUT2D eigenvalue weighted by atomic mass is 9.58. The van der Waals surface area contributed by atoms with Gasteiger partial charge in [0.05, 0.1) is 6.10 Å². The monoisotopic (exact) mass is 239 g/mol. The first-order valence-corrected chi connectivity index (χ1v) is 6.87. The summed E-state index contributed by atoms with van der Waals surface area (Å²) in [6.07, 6.45) is 8.04. The summed E-state index contributed by atoms with van der Waals surface area (Å²) in [4.78, 5) is 11.3. The van der Waals surface area contributed by atoms with Crippen molar-refractivity contribution in [3.05, 3.63) is 0 Å². The van der Waals surface area contributed by atoms with Crippen LogP contribution in [0.3, 0.4) is 0 Å². The van der Waals surface area contributed by atoms with Crippen LogP contribution in [0.25, 0.3) is 0 Å². The van der Waals surface area contributed by atoms with Crippen molar-refractivity contribution in [2.45, 2.75) is 57.1 Å². The lowest BCUT2D eigenvalue weighted by Crippen LogP contribution is -2.56. The minimum Gasteiger partial charge on any atom is -0.381 e. The molecule has 0 bridgehead atoms. The molecule has 5 atom stereocenters. The van der Waals surface area contributed by atoms with Crippen LogP contribution in [0.15, 0.2) is 0 Å². The Hall–Kier alpha value is -0.410. The Labute approximate surface area is 104 Å². The molecule has 0 aromatic carbocycles. The van der Waals surface area contributed by atoms with Crippen LogP contribution in [0, 0.1) is 17.8 Å². The average Bonchev–Trinajstić information content (AvgIpc) is 2.35. The zero-order chi connectivity index (χ0) is 12.5. The zero-order valence-electron chi connectivity index (χ0n) is 11.0. The van der Waals surface area contributed by atoms with Crippen LogP contribution < -0.4 is 5.73 Å². The van der Waals surface area contributed by atoms with Gasteiger partial charge in [0.2, 0.25) is 0 Å². The third kappa shape index (κ3) is 2.41. The van der Waals surface area contributed by atoms with Crippen LogP contribution in [0.4, 0.5) is 0 Å². The number of hydrogen-bond acceptors (Lipinski definition) is 3. The normalized spacial score (nSPS) is 43.8. The fourth-order valence-corrected chi connectivity index (χ4v) is 3.91. The number of rotatable bonds is 3. The molecule has 3 heteroatoms. The minimum atomic E-state index is -0.0756. The van der Waals surface area contributed by atoms with Crippen molar-refractivity contribution in [3.8, 4) is 0 Å². The summed E-state index contributed by atoms with van der Waals surface area (Å²) in [5, 5.41) is 0. The molecule has 2 N–H and O–H groups in total. The van der Waals surface area contributed by atoms with Gasteiger partial charge >= 0.3 is 0 Å². The van der Waals surface area contributed by atoms with E-state index in [0.717, 1.165) is 25.5 Å². The Morgan fingerprint density at radius 2 is 2.24 bits per heavy atom. The fraction of sp³-hybridized carbons (Fsp3) is 0.929. The first-order chi connectivity index (χ1) is 8.10. The molecule has 2 saturated carbocycles. The van der Waals surface area contributed by atoms with Gasteiger partial charge in [-0.3, -0.25) is 0 Å². The van der Waals surface area contributed by atoms with Crippen LogP contribution in [0.5, 0.6) is 0 Å². The molecule has 3 nitrogen and oxygen atoms in total. The summed E-state index contributed by atoms with van der Waals surface area (Å²) in [6.45, 7) is 2.08. The second-order valence-corrected chi connectivity index (χ2v) is 6.02. The third-order valence-electron chi connectivity index (χ3n) is 5.13. The van der Waals surface area contributed by atoms with E-state index in [4.69, 9.17) is 10.5 Å². The molecule has 0 amide bonds. The number of methoxy groups -OCH3 is 1. The quantitative estimate of drug-likeness (QED) is 0.768. The van der Waals surface area contributed by atoms with E-state index in [9.17, 15) is 4.79 Å². The maximum absolute atomic E-state index is 11.3. The van der Waals surface area contributed by atoms with E-state index >= 15 is 0 Å². The number of carbonyl (C=O) groups is 1. The molecule has 0 spiro atoms. The highest BCUT2D eigenvalue weighted by Gasteiger charge is 2.47. The molecular formula is C14H25NO2. The minimum absolute atomic E-state index is 0.0756. The second-order valence-electron chi connectivity index (χ2n) is 6.02. The smallest absolute Gasteiger partial charge is 0.123 e. The Morgan fingerprint density at radius 1 is 1.47 bits per heavy atom. The highest BCUT2D eigenvalue weighted by atomic mass is 16.5. The van der Waals surface area contributed by atoms with Crippen molar-refractivity contribution in [3.63, 3.8) is 0 Å². The molecule has 0 aromatic heterocycles. The molecule has 0 heterocycles. The van der Waals surface area contributed by atoms with E-state index in [1.54, 1.807) is 7.11 Å². The Balaban J connectivity index is 2.14. The van der Waals surface area contributed by atoms with Gasteiger partial charge in [-0.2, -0.15) is 0 Å². The van der Waals surface area contributed by atoms with Gasteiger partial charge in [0.15, 0.2) is 0 Å². The maximum atomic E-state index is 11.3. The van der Waals surface area contributed by atoms with Crippen LogP contribution in [-0.4, -0.2) is 25.0 Å². The highest BCUT2D eigenvalue weighted by Crippen LogP contribution is 2.47. The van der Waals surface area contributed by atoms with Crippen molar-refractivity contribution in [2.24, 2.45) is 23.5 Å². The number of hydrogen-bond donors (Lipinski definition) is 1. The summed E-state index contributed by atoms with van der Waals surface area (Å²) in [5.41, 5.74) is 6.46. The summed E-state index contributed by atoms with van der Waals surface area (Å²) in [6, 6.07) is 0. The Kier molecular flexibility index (Phi) is 3.88. The molecule has 2 aliphatic rings. The fourth-order valence-electron chi connectivity index (χ4n) is 3.91. The van der Waals surface area contributed by atoms with Crippen LogP contribution in [0.1, 0.15) is 45.4 Å². The van der Waals surface area contributed by atoms with E-state index in [-0.39, 0.29) is 17.6 Å². The number of nitrogens with two attached hydrogens (primary N) is 1. The van der Waals surface area contributed by atoms with E-state index in [1.807, 2.05) is 0 Å². The molecule has 2 aliphatic carbocycles. The topological polar surface area (TPSA) is 52.3 Å². The van der Waals surface area contributed by atoms with Gasteiger partial charge in [0.1, 0.15) is 6.29 Å². The zero-order valence-corrected chi connectivity index (χ0v) is 11.0. The van der Waals surface area contributed by atoms with Gasteiger partial charge in [-0.05, 0) is 44.4 Å². The number of aldehydes is 1. The van der Waals surface area contributed by atoms with Gasteiger partial charge in [0.25, 0.3) is 0 Å². The van der Waals surface area contributed by atoms with Crippen LogP contribution in [-0.2, 0) is 9.53 Å². The summed E-state index contributed by atoms with van der Waals surface area (Å²) in [5.74, 6) is 1.04. The Bertz CT molecular complexity index is 281. The predicted molar refractivity (Wildman–Crippen MR) is 67.6 cm³/mol. The van der Waals surface area contributed by atoms with Crippen molar-refractivity contribution in [1.29, 1.82) is 0 Å². The van der Waals surface area contributed by atoms with Gasteiger partial charge < -0.3 is 15.3 Å². The van der Waals surface area contributed by atoms with Gasteiger partial charge in [0, 0.05) is 18.6 Å². The van der Waals surface area contributed by atoms with Crippen molar-refractivity contribution < 1.29 is 9.53 Å². The average molecular weight is 239 g/mol. The van der Waals surface area contributed by atoms with E-state index in [0.29, 0.717) is 11.8 Å². The standard InChI is InChI=1S/C14H25NO2/c1-10(17-2)13-7-12-5-3-4-6-14(12,15)8-11(13)9-16/h9-13H,3-8,15H2,1-2H3. The summed E-state index contributed by atoms with van der Waals surface area (Å²) in [7, 11) is 1.73. The number of carbonyl (C=O) groups excluding carboxylic acids is 1. The molecular weight excluding hydrogens is 214 g/mol. The van der Waals surface area contributed by atoms with Gasteiger partial charge in [-0.25, -0.2) is 0 Å². The Morgan fingerprint density at radius 3 is 2.88 bits per heavy atom. The molecule has 98 valence electrons. The molecule has 2 fully saturated rings. The van der Waals surface area contributed by atoms with Gasteiger partial charge in [-0.15, -0.1) is 0 Å². The van der Waals surface area contributed by atoms with Crippen LogP contribution >= 0.6 is 0 Å². The lowest BCUT2D eigenvalue weighted by molar-refractivity contribution is -0.119. The second kappa shape index (κ2) is 5.07. The third-order valence-corrected chi connectivity index (χ3v) is 5.13. The molecule has 17 heavy (non-hydrogen) atoms. The summed E-state index contributed by atoms with van der Waals surface area (Å²) >= 11 is 0. The SMILES string of the molecule is COC(C)C1CC2CCCCC2(N)CC1C=O. The molecule has 0 radical (unpaired) electrons. The highest BCUT2D eigenvalue weighted by molar-refractivity contribution is 5.55. The molecule has 5 unspecified atom stereocenters. The molecule has 2 rings (SSSR count). The molecule has 0 aromatic rings. The number of fused-ring (bicyclic) bond motifs is 1. The molecule has 0 saturated heterocycles. The van der Waals surface area contributed by atoms with E-state index in [2.05, 4.69) is 6.92 Å². The van der Waals surface area contributed by atoms with Gasteiger partial charge in [-0.1, -0.05) is 12.8 Å². The maximum Gasteiger partial charge on any atom is 0.123 e. The number of ether oxygens (including phenoxy) is 1. The van der Waals surface area contributed by atoms with Crippen molar-refractivity contribution in [2.75, 3.05) is 7.11 Å². The van der Waals surface area contributed by atoms with E-state index in [1.165, 1.54) is 19.3 Å². The first kappa shape index (κ1) is 13.0. The van der Waals surface area contributed by atoms with Crippen molar-refractivity contribution >= 4 is 6.29 Å². The van der Waals surface area contributed by atoms with Crippen molar-refractivity contribution in [1.82, 2.24) is 0 Å².